The Morgan fingerprint density at radius 2 is 1.65 bits per heavy atom. The summed E-state index contributed by atoms with van der Waals surface area (Å²) in [4.78, 5) is 5.08. The van der Waals surface area contributed by atoms with Gasteiger partial charge in [-0.05, 0) is 43.7 Å². The Hall–Kier alpha value is -1.74. The number of nitrogens with zero attached hydrogens (tertiary/aromatic N) is 3. The minimum Gasteiger partial charge on any atom is -0.338 e. The molecule has 104 valence electrons. The summed E-state index contributed by atoms with van der Waals surface area (Å²) in [7, 11) is 4.39. The van der Waals surface area contributed by atoms with Crippen molar-refractivity contribution in [2.24, 2.45) is 7.05 Å². The number of hydrogen-bond acceptors (Lipinski definition) is 2. The van der Waals surface area contributed by atoms with Gasteiger partial charge in [0.1, 0.15) is 5.82 Å². The second kappa shape index (κ2) is 4.13. The third kappa shape index (κ3) is 1.44. The van der Waals surface area contributed by atoms with Crippen LogP contribution in [0.15, 0.2) is 42.6 Å². The second-order valence-corrected chi connectivity index (χ2v) is 6.08. The number of benzene rings is 1. The summed E-state index contributed by atoms with van der Waals surface area (Å²) >= 11 is 0. The molecule has 2 unspecified atom stereocenters. The van der Waals surface area contributed by atoms with E-state index >= 15 is 0 Å². The van der Waals surface area contributed by atoms with E-state index in [1.165, 1.54) is 23.4 Å². The Bertz CT molecular complexity index is 645. The molecule has 0 N–H and O–H groups in total. The van der Waals surface area contributed by atoms with Gasteiger partial charge in [0.2, 0.25) is 0 Å². The summed E-state index contributed by atoms with van der Waals surface area (Å²) in [5.74, 6) is 1.31. The molecule has 2 aromatic rings. The van der Waals surface area contributed by atoms with Crippen molar-refractivity contribution < 1.29 is 0 Å². The van der Waals surface area contributed by atoms with E-state index in [2.05, 4.69) is 78.0 Å². The van der Waals surface area contributed by atoms with Gasteiger partial charge in [0.15, 0.2) is 0 Å². The average Bonchev–Trinajstić information content (AvgIpc) is 3.02. The lowest BCUT2D eigenvalue weighted by Crippen LogP contribution is -2.50. The van der Waals surface area contributed by atoms with Crippen molar-refractivity contribution in [3.8, 4) is 0 Å². The van der Waals surface area contributed by atoms with Crippen LogP contribution in [0.3, 0.4) is 0 Å². The molecule has 0 spiro atoms. The van der Waals surface area contributed by atoms with Crippen molar-refractivity contribution in [2.75, 3.05) is 11.9 Å². The van der Waals surface area contributed by atoms with E-state index in [0.29, 0.717) is 18.2 Å². The van der Waals surface area contributed by atoms with Gasteiger partial charge in [-0.2, -0.15) is 0 Å². The van der Waals surface area contributed by atoms with Crippen LogP contribution in [-0.4, -0.2) is 22.7 Å². The second-order valence-electron chi connectivity index (χ2n) is 6.08. The maximum Gasteiger partial charge on any atom is 0.109 e. The molecule has 2 heterocycles. The van der Waals surface area contributed by atoms with Crippen LogP contribution >= 0.6 is 0 Å². The quantitative estimate of drug-likeness (QED) is 0.785. The molecule has 1 saturated heterocycles. The average molecular weight is 267 g/mol. The molecule has 4 rings (SSSR count). The van der Waals surface area contributed by atoms with Gasteiger partial charge in [-0.25, -0.2) is 0 Å². The number of fused-ring (bicyclic) bond motifs is 5. The first kappa shape index (κ1) is 12.0. The molecular formula is C17H21N3. The minimum absolute atomic E-state index is 0.416. The number of aromatic nitrogens is 1. The van der Waals surface area contributed by atoms with Crippen molar-refractivity contribution in [1.82, 2.24) is 9.47 Å². The molecule has 3 nitrogen and oxygen atoms in total. The number of hydrogen-bond donors (Lipinski definition) is 0. The highest BCUT2D eigenvalue weighted by atomic mass is 15.4. The normalized spacial score (nSPS) is 28.8. The summed E-state index contributed by atoms with van der Waals surface area (Å²) in [5.41, 5.74) is 3.03. The highest BCUT2D eigenvalue weighted by Crippen LogP contribution is 2.51. The number of anilines is 1. The molecular weight excluding hydrogens is 246 g/mol. The van der Waals surface area contributed by atoms with E-state index in [1.807, 2.05) is 0 Å². The molecule has 3 heteroatoms. The Labute approximate surface area is 120 Å². The van der Waals surface area contributed by atoms with Crippen LogP contribution in [0.5, 0.6) is 0 Å². The Balaban J connectivity index is 1.87. The van der Waals surface area contributed by atoms with Crippen molar-refractivity contribution in [3.63, 3.8) is 0 Å². The van der Waals surface area contributed by atoms with Crippen LogP contribution in [0.25, 0.3) is 0 Å². The van der Waals surface area contributed by atoms with Gasteiger partial charge in [-0.1, -0.05) is 24.3 Å². The van der Waals surface area contributed by atoms with Gasteiger partial charge in [0, 0.05) is 19.3 Å². The largest absolute Gasteiger partial charge is 0.338 e. The monoisotopic (exact) mass is 267 g/mol. The van der Waals surface area contributed by atoms with Crippen molar-refractivity contribution >= 4 is 5.82 Å². The van der Waals surface area contributed by atoms with Crippen LogP contribution in [0.4, 0.5) is 5.82 Å². The molecule has 2 bridgehead atoms. The molecule has 1 fully saturated rings. The van der Waals surface area contributed by atoms with Gasteiger partial charge < -0.3 is 9.47 Å². The van der Waals surface area contributed by atoms with E-state index < -0.39 is 0 Å². The molecule has 0 radical (unpaired) electrons. The SMILES string of the molecule is C[C@H]1N(C)C2CC(c3ccccc32)N1c1cccn1C. The van der Waals surface area contributed by atoms with Crippen LogP contribution in [0.2, 0.25) is 0 Å². The summed E-state index contributed by atoms with van der Waals surface area (Å²) in [6.07, 6.45) is 3.75. The van der Waals surface area contributed by atoms with Crippen LogP contribution in [0, 0.1) is 0 Å². The van der Waals surface area contributed by atoms with E-state index in [4.69, 9.17) is 0 Å². The molecule has 1 aromatic heterocycles. The third-order valence-corrected chi connectivity index (χ3v) is 5.16. The predicted molar refractivity (Wildman–Crippen MR) is 81.7 cm³/mol. The van der Waals surface area contributed by atoms with Gasteiger partial charge in [0.05, 0.1) is 12.2 Å². The van der Waals surface area contributed by atoms with Crippen molar-refractivity contribution in [3.05, 3.63) is 53.7 Å². The summed E-state index contributed by atoms with van der Waals surface area (Å²) < 4.78 is 2.23. The van der Waals surface area contributed by atoms with E-state index in [0.717, 1.165) is 0 Å². The first-order valence-electron chi connectivity index (χ1n) is 7.39. The summed E-state index contributed by atoms with van der Waals surface area (Å²) in [5, 5.41) is 0. The maximum atomic E-state index is 2.57. The Kier molecular flexibility index (Phi) is 2.48. The van der Waals surface area contributed by atoms with Crippen LogP contribution in [0.1, 0.15) is 36.6 Å². The Morgan fingerprint density at radius 3 is 2.30 bits per heavy atom. The lowest BCUT2D eigenvalue weighted by atomic mass is 10.1. The molecule has 1 aliphatic heterocycles. The van der Waals surface area contributed by atoms with Gasteiger partial charge in [-0.15, -0.1) is 0 Å². The minimum atomic E-state index is 0.416. The van der Waals surface area contributed by atoms with Crippen LogP contribution in [-0.2, 0) is 7.05 Å². The lowest BCUT2D eigenvalue weighted by molar-refractivity contribution is 0.130. The van der Waals surface area contributed by atoms with Gasteiger partial charge >= 0.3 is 0 Å². The molecule has 1 aromatic carbocycles. The maximum absolute atomic E-state index is 2.57. The zero-order valence-corrected chi connectivity index (χ0v) is 12.3. The Morgan fingerprint density at radius 1 is 0.950 bits per heavy atom. The van der Waals surface area contributed by atoms with Crippen molar-refractivity contribution in [2.45, 2.75) is 31.6 Å². The highest BCUT2D eigenvalue weighted by molar-refractivity contribution is 5.51. The number of aryl methyl sites for hydroxylation is 1. The third-order valence-electron chi connectivity index (χ3n) is 5.16. The van der Waals surface area contributed by atoms with Gasteiger partial charge in [0.25, 0.3) is 0 Å². The molecule has 1 aliphatic carbocycles. The predicted octanol–water partition coefficient (Wildman–Crippen LogP) is 3.31. The van der Waals surface area contributed by atoms with E-state index in [1.54, 1.807) is 0 Å². The highest BCUT2D eigenvalue weighted by Gasteiger charge is 2.45. The molecule has 0 saturated carbocycles. The van der Waals surface area contributed by atoms with E-state index in [-0.39, 0.29) is 0 Å². The standard InChI is InChI=1S/C17H21N3/c1-12-19(3)15-11-16(14-8-5-4-7-13(14)15)20(12)17-9-6-10-18(17)2/h4-10,12,15-16H,11H2,1-3H3/t12-,15?,16?/m0/s1. The zero-order valence-electron chi connectivity index (χ0n) is 12.3. The fourth-order valence-electron chi connectivity index (χ4n) is 4.02. The van der Waals surface area contributed by atoms with Crippen LogP contribution < -0.4 is 4.90 Å². The van der Waals surface area contributed by atoms with Crippen molar-refractivity contribution in [1.29, 1.82) is 0 Å². The topological polar surface area (TPSA) is 11.4 Å². The number of rotatable bonds is 1. The fourth-order valence-corrected chi connectivity index (χ4v) is 4.02. The first-order chi connectivity index (χ1) is 9.68. The zero-order chi connectivity index (χ0) is 13.9. The molecule has 3 atom stereocenters. The van der Waals surface area contributed by atoms with E-state index in [9.17, 15) is 0 Å². The summed E-state index contributed by atoms with van der Waals surface area (Å²) in [6, 6.07) is 14.4. The molecule has 2 aliphatic rings. The summed E-state index contributed by atoms with van der Waals surface area (Å²) in [6.45, 7) is 2.32. The molecule has 0 amide bonds. The van der Waals surface area contributed by atoms with Gasteiger partial charge in [-0.3, -0.25) is 4.90 Å². The lowest BCUT2D eigenvalue weighted by Gasteiger charge is -2.46. The smallest absolute Gasteiger partial charge is 0.109 e. The first-order valence-corrected chi connectivity index (χ1v) is 7.39. The molecule has 20 heavy (non-hydrogen) atoms. The fraction of sp³-hybridized carbons (Fsp3) is 0.412.